The highest BCUT2D eigenvalue weighted by Crippen LogP contribution is 2.33. The second kappa shape index (κ2) is 11.9. The fourth-order valence-corrected chi connectivity index (χ4v) is 4.42. The zero-order chi connectivity index (χ0) is 24.7. The van der Waals surface area contributed by atoms with Crippen LogP contribution in [0.3, 0.4) is 0 Å². The SMILES string of the molecule is O=C(COc1ccccc1[N+](=O)[O-])N/N=C/c1cc(Br)cc(Br)c1OC(=O)c1ccccc1Br. The Kier molecular flexibility index (Phi) is 8.91. The molecule has 0 aromatic heterocycles. The van der Waals surface area contributed by atoms with E-state index in [9.17, 15) is 19.7 Å². The van der Waals surface area contributed by atoms with E-state index in [1.807, 2.05) is 0 Å². The first-order valence-corrected chi connectivity index (χ1v) is 11.8. The third kappa shape index (κ3) is 6.72. The number of nitrogens with one attached hydrogen (secondary N) is 1. The first-order chi connectivity index (χ1) is 16.3. The van der Waals surface area contributed by atoms with Gasteiger partial charge < -0.3 is 9.47 Å². The molecule has 0 heterocycles. The molecule has 0 aliphatic heterocycles. The molecular formula is C22H14Br3N3O6. The molecule has 0 bridgehead atoms. The molecular weight excluding hydrogens is 642 g/mol. The van der Waals surface area contributed by atoms with E-state index in [-0.39, 0.29) is 17.2 Å². The van der Waals surface area contributed by atoms with Crippen molar-refractivity contribution in [2.24, 2.45) is 5.10 Å². The molecule has 3 rings (SSSR count). The molecule has 174 valence electrons. The normalized spacial score (nSPS) is 10.7. The maximum Gasteiger partial charge on any atom is 0.344 e. The Labute approximate surface area is 218 Å². The van der Waals surface area contributed by atoms with Gasteiger partial charge in [-0.3, -0.25) is 14.9 Å². The summed E-state index contributed by atoms with van der Waals surface area (Å²) in [6.07, 6.45) is 1.29. The van der Waals surface area contributed by atoms with Crippen LogP contribution in [-0.4, -0.2) is 29.6 Å². The Morgan fingerprint density at radius 1 is 1.03 bits per heavy atom. The summed E-state index contributed by atoms with van der Waals surface area (Å²) < 4.78 is 12.5. The summed E-state index contributed by atoms with van der Waals surface area (Å²) in [4.78, 5) is 35.1. The topological polar surface area (TPSA) is 120 Å². The van der Waals surface area contributed by atoms with Crippen molar-refractivity contribution in [1.29, 1.82) is 0 Å². The Balaban J connectivity index is 1.70. The average molecular weight is 656 g/mol. The van der Waals surface area contributed by atoms with Crippen LogP contribution in [0.2, 0.25) is 0 Å². The summed E-state index contributed by atoms with van der Waals surface area (Å²) in [6.45, 7) is -0.492. The molecule has 1 N–H and O–H groups in total. The second-order valence-electron chi connectivity index (χ2n) is 6.48. The number of esters is 1. The van der Waals surface area contributed by atoms with Crippen LogP contribution in [-0.2, 0) is 4.79 Å². The lowest BCUT2D eigenvalue weighted by atomic mass is 10.2. The molecule has 0 radical (unpaired) electrons. The van der Waals surface area contributed by atoms with Crippen molar-refractivity contribution >= 4 is 71.6 Å². The van der Waals surface area contributed by atoms with E-state index in [2.05, 4.69) is 58.3 Å². The standard InChI is InChI=1S/C22H14Br3N3O6/c23-14-9-13(21(17(25)10-14)34-22(30)15-5-1-2-6-16(15)24)11-26-27-20(29)12-33-19-8-4-3-7-18(19)28(31)32/h1-11H,12H2,(H,27,29)/b26-11+. The number of rotatable bonds is 8. The van der Waals surface area contributed by atoms with Gasteiger partial charge in [0.1, 0.15) is 0 Å². The zero-order valence-corrected chi connectivity index (χ0v) is 21.8. The van der Waals surface area contributed by atoms with Gasteiger partial charge in [-0.05, 0) is 62.2 Å². The van der Waals surface area contributed by atoms with Gasteiger partial charge in [-0.25, -0.2) is 10.2 Å². The molecule has 0 atom stereocenters. The van der Waals surface area contributed by atoms with E-state index in [0.717, 1.165) is 0 Å². The van der Waals surface area contributed by atoms with E-state index in [4.69, 9.17) is 9.47 Å². The van der Waals surface area contributed by atoms with Crippen LogP contribution in [0.15, 0.2) is 79.2 Å². The molecule has 3 aromatic carbocycles. The van der Waals surface area contributed by atoms with Gasteiger partial charge in [0.2, 0.25) is 0 Å². The molecule has 34 heavy (non-hydrogen) atoms. The van der Waals surface area contributed by atoms with E-state index in [1.54, 1.807) is 42.5 Å². The summed E-state index contributed by atoms with van der Waals surface area (Å²) in [5.74, 6) is -1.08. The smallest absolute Gasteiger partial charge is 0.344 e. The van der Waals surface area contributed by atoms with Crippen molar-refractivity contribution in [2.75, 3.05) is 6.61 Å². The van der Waals surface area contributed by atoms with Crippen molar-refractivity contribution in [3.63, 3.8) is 0 Å². The average Bonchev–Trinajstić information content (AvgIpc) is 2.80. The lowest BCUT2D eigenvalue weighted by molar-refractivity contribution is -0.385. The third-order valence-electron chi connectivity index (χ3n) is 4.14. The van der Waals surface area contributed by atoms with E-state index in [1.165, 1.54) is 24.4 Å². The van der Waals surface area contributed by atoms with Gasteiger partial charge in [-0.15, -0.1) is 0 Å². The lowest BCUT2D eigenvalue weighted by Crippen LogP contribution is -2.24. The fourth-order valence-electron chi connectivity index (χ4n) is 2.64. The van der Waals surface area contributed by atoms with Gasteiger partial charge >= 0.3 is 11.7 Å². The summed E-state index contributed by atoms with van der Waals surface area (Å²) in [5.41, 5.74) is 2.74. The maximum absolute atomic E-state index is 12.6. The molecule has 0 saturated carbocycles. The number of carbonyl (C=O) groups is 2. The van der Waals surface area contributed by atoms with Crippen molar-refractivity contribution in [1.82, 2.24) is 5.43 Å². The number of hydrazone groups is 1. The number of ether oxygens (including phenoxy) is 2. The number of benzene rings is 3. The van der Waals surface area contributed by atoms with Crippen LogP contribution >= 0.6 is 47.8 Å². The van der Waals surface area contributed by atoms with E-state index in [0.29, 0.717) is 24.5 Å². The minimum Gasteiger partial charge on any atom is -0.477 e. The number of halogens is 3. The van der Waals surface area contributed by atoms with Crippen LogP contribution in [0.5, 0.6) is 11.5 Å². The first-order valence-electron chi connectivity index (χ1n) is 9.40. The monoisotopic (exact) mass is 653 g/mol. The number of para-hydroxylation sites is 2. The number of carbonyl (C=O) groups excluding carboxylic acids is 2. The fraction of sp³-hybridized carbons (Fsp3) is 0.0455. The highest BCUT2D eigenvalue weighted by atomic mass is 79.9. The molecule has 0 fully saturated rings. The summed E-state index contributed by atoms with van der Waals surface area (Å²) >= 11 is 10.0. The number of nitro benzene ring substituents is 1. The predicted molar refractivity (Wildman–Crippen MR) is 135 cm³/mol. The van der Waals surface area contributed by atoms with Gasteiger partial charge in [0.15, 0.2) is 18.1 Å². The van der Waals surface area contributed by atoms with Crippen molar-refractivity contribution in [3.05, 3.63) is 95.3 Å². The second-order valence-corrected chi connectivity index (χ2v) is 9.11. The number of amides is 1. The Bertz CT molecular complexity index is 1280. The number of nitro groups is 1. The summed E-state index contributed by atoms with van der Waals surface area (Å²) in [6, 6.07) is 15.9. The highest BCUT2D eigenvalue weighted by Gasteiger charge is 2.18. The molecule has 9 nitrogen and oxygen atoms in total. The molecule has 0 saturated heterocycles. The minimum atomic E-state index is -0.643. The number of nitrogens with zero attached hydrogens (tertiary/aromatic N) is 2. The van der Waals surface area contributed by atoms with Gasteiger partial charge in [0.25, 0.3) is 5.91 Å². The van der Waals surface area contributed by atoms with Crippen LogP contribution in [0.1, 0.15) is 15.9 Å². The Hall–Kier alpha value is -3.09. The van der Waals surface area contributed by atoms with E-state index >= 15 is 0 Å². The van der Waals surface area contributed by atoms with Crippen LogP contribution in [0, 0.1) is 10.1 Å². The minimum absolute atomic E-state index is 0.0381. The maximum atomic E-state index is 12.6. The number of hydrogen-bond donors (Lipinski definition) is 1. The van der Waals surface area contributed by atoms with Crippen LogP contribution in [0.4, 0.5) is 5.69 Å². The number of hydrogen-bond acceptors (Lipinski definition) is 7. The molecule has 0 unspecified atom stereocenters. The molecule has 1 amide bonds. The lowest BCUT2D eigenvalue weighted by Gasteiger charge is -2.11. The van der Waals surface area contributed by atoms with Crippen molar-refractivity contribution in [3.8, 4) is 11.5 Å². The largest absolute Gasteiger partial charge is 0.477 e. The van der Waals surface area contributed by atoms with E-state index < -0.39 is 23.4 Å². The zero-order valence-electron chi connectivity index (χ0n) is 17.0. The summed E-state index contributed by atoms with van der Waals surface area (Å²) in [7, 11) is 0. The Morgan fingerprint density at radius 2 is 1.74 bits per heavy atom. The van der Waals surface area contributed by atoms with Crippen molar-refractivity contribution < 1.29 is 24.0 Å². The quantitative estimate of drug-likeness (QED) is 0.110. The van der Waals surface area contributed by atoms with Gasteiger partial charge in [-0.1, -0.05) is 40.2 Å². The van der Waals surface area contributed by atoms with Gasteiger partial charge in [0, 0.05) is 20.6 Å². The molecule has 0 aliphatic carbocycles. The van der Waals surface area contributed by atoms with Crippen LogP contribution < -0.4 is 14.9 Å². The van der Waals surface area contributed by atoms with Crippen molar-refractivity contribution in [2.45, 2.75) is 0 Å². The Morgan fingerprint density at radius 3 is 2.47 bits per heavy atom. The molecule has 0 aliphatic rings. The first kappa shape index (κ1) is 25.5. The van der Waals surface area contributed by atoms with Gasteiger partial charge in [-0.2, -0.15) is 5.10 Å². The molecule has 12 heteroatoms. The third-order valence-corrected chi connectivity index (χ3v) is 5.88. The van der Waals surface area contributed by atoms with Gasteiger partial charge in [0.05, 0.1) is 21.2 Å². The van der Waals surface area contributed by atoms with Crippen LogP contribution in [0.25, 0.3) is 0 Å². The highest BCUT2D eigenvalue weighted by molar-refractivity contribution is 9.11. The predicted octanol–water partition coefficient (Wildman–Crippen LogP) is 5.63. The summed E-state index contributed by atoms with van der Waals surface area (Å²) in [5, 5.41) is 14.9. The molecule has 3 aromatic rings. The molecule has 0 spiro atoms.